The van der Waals surface area contributed by atoms with E-state index < -0.39 is 17.7 Å². The highest BCUT2D eigenvalue weighted by molar-refractivity contribution is 5.86. The van der Waals surface area contributed by atoms with E-state index in [1.54, 1.807) is 4.90 Å². The third kappa shape index (κ3) is 6.82. The van der Waals surface area contributed by atoms with Crippen molar-refractivity contribution in [2.45, 2.75) is 58.3 Å². The molecule has 1 atom stereocenters. The number of fused-ring (bicyclic) bond motifs is 1. The van der Waals surface area contributed by atoms with Crippen LogP contribution in [0.15, 0.2) is 54.6 Å². The molecule has 172 valence electrons. The smallest absolute Gasteiger partial charge is 0.411 e. The lowest BCUT2D eigenvalue weighted by Gasteiger charge is -2.36. The molecule has 0 bridgehead atoms. The van der Waals surface area contributed by atoms with Gasteiger partial charge in [0, 0.05) is 19.5 Å². The van der Waals surface area contributed by atoms with Crippen LogP contribution in [-0.4, -0.2) is 53.6 Å². The molecule has 0 saturated carbocycles. The maximum Gasteiger partial charge on any atom is 0.411 e. The highest BCUT2D eigenvalue weighted by atomic mass is 16.6. The van der Waals surface area contributed by atoms with E-state index in [4.69, 9.17) is 4.74 Å². The Kier molecular flexibility index (Phi) is 7.91. The van der Waals surface area contributed by atoms with E-state index in [0.29, 0.717) is 19.5 Å². The molecule has 1 aliphatic heterocycles. The molecule has 1 heterocycles. The Morgan fingerprint density at radius 3 is 2.41 bits per heavy atom. The van der Waals surface area contributed by atoms with Gasteiger partial charge in [-0.15, -0.1) is 0 Å². The average Bonchev–Trinajstić information content (AvgIpc) is 2.75. The largest absolute Gasteiger partial charge is 0.444 e. The van der Waals surface area contributed by atoms with Crippen molar-refractivity contribution in [3.05, 3.63) is 71.3 Å². The van der Waals surface area contributed by atoms with Crippen LogP contribution in [0, 0.1) is 0 Å². The fourth-order valence-electron chi connectivity index (χ4n) is 3.92. The lowest BCUT2D eigenvalue weighted by Crippen LogP contribution is -2.53. The standard InChI is InChI=1S/C26H35N3O3/c1-26(2,3)32-25(31)29-19-22-14-9-8-13-21(22)17-23(29)24(30)27-15-10-16-28(4)18-20-11-6-5-7-12-20/h5-9,11-14,23H,10,15-19H2,1-4H3,(H,27,30)/t23-/m1/s1. The Morgan fingerprint density at radius 2 is 1.72 bits per heavy atom. The van der Waals surface area contributed by atoms with E-state index in [-0.39, 0.29) is 5.91 Å². The molecular formula is C26H35N3O3. The monoisotopic (exact) mass is 437 g/mol. The van der Waals surface area contributed by atoms with Gasteiger partial charge in [0.2, 0.25) is 5.91 Å². The number of amides is 2. The summed E-state index contributed by atoms with van der Waals surface area (Å²) in [7, 11) is 2.08. The summed E-state index contributed by atoms with van der Waals surface area (Å²) < 4.78 is 5.59. The van der Waals surface area contributed by atoms with E-state index in [0.717, 1.165) is 30.6 Å². The lowest BCUT2D eigenvalue weighted by atomic mass is 9.94. The maximum atomic E-state index is 13.0. The zero-order chi connectivity index (χ0) is 23.1. The summed E-state index contributed by atoms with van der Waals surface area (Å²) in [6, 6.07) is 17.7. The van der Waals surface area contributed by atoms with Crippen molar-refractivity contribution in [3.8, 4) is 0 Å². The molecule has 0 fully saturated rings. The molecule has 0 aromatic heterocycles. The van der Waals surface area contributed by atoms with Gasteiger partial charge >= 0.3 is 6.09 Å². The first kappa shape index (κ1) is 23.8. The first-order valence-corrected chi connectivity index (χ1v) is 11.3. The van der Waals surface area contributed by atoms with Gasteiger partial charge in [-0.25, -0.2) is 4.79 Å². The molecular weight excluding hydrogens is 402 g/mol. The molecule has 1 aliphatic rings. The van der Waals surface area contributed by atoms with Crippen LogP contribution in [0.4, 0.5) is 4.79 Å². The van der Waals surface area contributed by atoms with Gasteiger partial charge in [0.25, 0.3) is 0 Å². The number of hydrogen-bond acceptors (Lipinski definition) is 4. The molecule has 32 heavy (non-hydrogen) atoms. The summed E-state index contributed by atoms with van der Waals surface area (Å²) in [5, 5.41) is 3.04. The van der Waals surface area contributed by atoms with E-state index in [1.807, 2.05) is 63.2 Å². The van der Waals surface area contributed by atoms with Gasteiger partial charge in [0.1, 0.15) is 11.6 Å². The second kappa shape index (κ2) is 10.6. The number of benzene rings is 2. The first-order valence-electron chi connectivity index (χ1n) is 11.3. The Labute approximate surface area is 191 Å². The molecule has 1 N–H and O–H groups in total. The van der Waals surface area contributed by atoms with Crippen LogP contribution in [0.1, 0.15) is 43.9 Å². The summed E-state index contributed by atoms with van der Waals surface area (Å²) in [6.45, 7) is 8.21. The number of nitrogens with zero attached hydrogens (tertiary/aromatic N) is 2. The second-order valence-corrected chi connectivity index (χ2v) is 9.46. The molecule has 6 nitrogen and oxygen atoms in total. The molecule has 0 radical (unpaired) electrons. The van der Waals surface area contributed by atoms with Gasteiger partial charge in [-0.05, 0) is 57.5 Å². The van der Waals surface area contributed by atoms with Gasteiger partial charge in [-0.3, -0.25) is 9.69 Å². The maximum absolute atomic E-state index is 13.0. The zero-order valence-corrected chi connectivity index (χ0v) is 19.6. The summed E-state index contributed by atoms with van der Waals surface area (Å²) in [5.41, 5.74) is 2.83. The third-order valence-electron chi connectivity index (χ3n) is 5.49. The molecule has 0 saturated heterocycles. The van der Waals surface area contributed by atoms with Gasteiger partial charge in [0.15, 0.2) is 0 Å². The first-order chi connectivity index (χ1) is 15.2. The minimum absolute atomic E-state index is 0.129. The second-order valence-electron chi connectivity index (χ2n) is 9.46. The van der Waals surface area contributed by atoms with E-state index in [2.05, 4.69) is 29.4 Å². The van der Waals surface area contributed by atoms with Crippen LogP contribution in [-0.2, 0) is 29.0 Å². The SMILES string of the molecule is CN(CCCNC(=O)[C@H]1Cc2ccccc2CN1C(=O)OC(C)(C)C)Cc1ccccc1. The number of carbonyl (C=O) groups excluding carboxylic acids is 2. The lowest BCUT2D eigenvalue weighted by molar-refractivity contribution is -0.127. The van der Waals surface area contributed by atoms with Crippen LogP contribution in [0.5, 0.6) is 0 Å². The van der Waals surface area contributed by atoms with Crippen LogP contribution in [0.2, 0.25) is 0 Å². The van der Waals surface area contributed by atoms with E-state index in [9.17, 15) is 9.59 Å². The normalized spacial score (nSPS) is 15.9. The van der Waals surface area contributed by atoms with Crippen LogP contribution < -0.4 is 5.32 Å². The van der Waals surface area contributed by atoms with Crippen molar-refractivity contribution in [2.24, 2.45) is 0 Å². The topological polar surface area (TPSA) is 61.9 Å². The zero-order valence-electron chi connectivity index (χ0n) is 19.6. The summed E-state index contributed by atoms with van der Waals surface area (Å²) >= 11 is 0. The van der Waals surface area contributed by atoms with Crippen molar-refractivity contribution in [1.82, 2.24) is 15.1 Å². The number of nitrogens with one attached hydrogen (secondary N) is 1. The fourth-order valence-corrected chi connectivity index (χ4v) is 3.92. The average molecular weight is 438 g/mol. The minimum atomic E-state index is -0.613. The predicted molar refractivity (Wildman–Crippen MR) is 126 cm³/mol. The van der Waals surface area contributed by atoms with Crippen LogP contribution in [0.25, 0.3) is 0 Å². The van der Waals surface area contributed by atoms with E-state index in [1.165, 1.54) is 5.56 Å². The molecule has 6 heteroatoms. The number of hydrogen-bond donors (Lipinski definition) is 1. The highest BCUT2D eigenvalue weighted by Crippen LogP contribution is 2.25. The van der Waals surface area contributed by atoms with Crippen LogP contribution >= 0.6 is 0 Å². The molecule has 0 spiro atoms. The van der Waals surface area contributed by atoms with Gasteiger partial charge in [-0.1, -0.05) is 54.6 Å². The van der Waals surface area contributed by atoms with E-state index >= 15 is 0 Å². The quantitative estimate of drug-likeness (QED) is 0.666. The van der Waals surface area contributed by atoms with Gasteiger partial charge in [-0.2, -0.15) is 0 Å². The Balaban J connectivity index is 1.55. The Bertz CT molecular complexity index is 908. The number of ether oxygens (including phenoxy) is 1. The van der Waals surface area contributed by atoms with Crippen molar-refractivity contribution in [2.75, 3.05) is 20.1 Å². The van der Waals surface area contributed by atoms with Crippen molar-refractivity contribution in [1.29, 1.82) is 0 Å². The predicted octanol–water partition coefficient (Wildman–Crippen LogP) is 3.99. The number of carbonyl (C=O) groups is 2. The van der Waals surface area contributed by atoms with Gasteiger partial charge in [0.05, 0.1) is 6.54 Å². The van der Waals surface area contributed by atoms with Crippen LogP contribution in [0.3, 0.4) is 0 Å². The van der Waals surface area contributed by atoms with Crippen molar-refractivity contribution >= 4 is 12.0 Å². The minimum Gasteiger partial charge on any atom is -0.444 e. The molecule has 0 unspecified atom stereocenters. The van der Waals surface area contributed by atoms with Crippen molar-refractivity contribution in [3.63, 3.8) is 0 Å². The summed E-state index contributed by atoms with van der Waals surface area (Å²) in [4.78, 5) is 29.7. The third-order valence-corrected chi connectivity index (χ3v) is 5.49. The summed E-state index contributed by atoms with van der Waals surface area (Å²) in [6.07, 6.45) is 0.884. The molecule has 3 rings (SSSR count). The fraction of sp³-hybridized carbons (Fsp3) is 0.462. The molecule has 0 aliphatic carbocycles. The summed E-state index contributed by atoms with van der Waals surface area (Å²) in [5.74, 6) is -0.129. The highest BCUT2D eigenvalue weighted by Gasteiger charge is 2.36. The Hall–Kier alpha value is -2.86. The number of rotatable bonds is 7. The molecule has 2 aromatic rings. The molecule has 2 aromatic carbocycles. The Morgan fingerprint density at radius 1 is 1.06 bits per heavy atom. The molecule has 2 amide bonds. The van der Waals surface area contributed by atoms with Crippen molar-refractivity contribution < 1.29 is 14.3 Å². The van der Waals surface area contributed by atoms with Gasteiger partial charge < -0.3 is 15.0 Å².